The van der Waals surface area contributed by atoms with Crippen LogP contribution in [0.25, 0.3) is 0 Å². The zero-order valence-electron chi connectivity index (χ0n) is 8.76. The normalized spacial score (nSPS) is 12.9. The summed E-state index contributed by atoms with van der Waals surface area (Å²) < 4.78 is 26.7. The molecule has 1 atom stereocenters. The molecule has 0 spiro atoms. The number of rotatable bonds is 4. The first-order chi connectivity index (χ1) is 7.07. The summed E-state index contributed by atoms with van der Waals surface area (Å²) in [4.78, 5) is 0. The summed E-state index contributed by atoms with van der Waals surface area (Å²) in [5, 5.41) is 0. The van der Waals surface area contributed by atoms with Gasteiger partial charge in [0.15, 0.2) is 11.6 Å². The Kier molecular flexibility index (Phi) is 4.17. The Morgan fingerprint density at radius 1 is 1.27 bits per heavy atom. The van der Waals surface area contributed by atoms with E-state index in [1.165, 1.54) is 19.1 Å². The molecule has 1 aromatic rings. The summed E-state index contributed by atoms with van der Waals surface area (Å²) >= 11 is 0. The minimum Gasteiger partial charge on any atom is -0.330 e. The van der Waals surface area contributed by atoms with E-state index in [9.17, 15) is 8.78 Å². The van der Waals surface area contributed by atoms with Crippen molar-refractivity contribution in [2.45, 2.75) is 25.8 Å². The van der Waals surface area contributed by atoms with Gasteiger partial charge in [0.05, 0.1) is 0 Å². The van der Waals surface area contributed by atoms with Gasteiger partial charge in [0.25, 0.3) is 0 Å². The smallest absolute Gasteiger partial charge is 0.163 e. The molecule has 1 aromatic carbocycles. The predicted molar refractivity (Wildman–Crippen MR) is 56.3 cm³/mol. The number of halogens is 2. The summed E-state index contributed by atoms with van der Waals surface area (Å²) in [6.07, 6.45) is 1.27. The Hall–Kier alpha value is -1.00. The molecule has 0 saturated heterocycles. The van der Waals surface area contributed by atoms with E-state index in [0.29, 0.717) is 24.9 Å². The topological polar surface area (TPSA) is 52.0 Å². The lowest BCUT2D eigenvalue weighted by Gasteiger charge is -2.13. The van der Waals surface area contributed by atoms with Crippen molar-refractivity contribution in [3.63, 3.8) is 0 Å². The van der Waals surface area contributed by atoms with Gasteiger partial charge in [-0.15, -0.1) is 0 Å². The second-order valence-electron chi connectivity index (χ2n) is 3.64. The van der Waals surface area contributed by atoms with Crippen LogP contribution in [0.2, 0.25) is 0 Å². The highest BCUT2D eigenvalue weighted by Gasteiger charge is 2.15. The van der Waals surface area contributed by atoms with E-state index < -0.39 is 17.7 Å². The summed E-state index contributed by atoms with van der Waals surface area (Å²) in [5.74, 6) is -1.64. The van der Waals surface area contributed by atoms with Crippen molar-refractivity contribution in [1.82, 2.24) is 0 Å². The molecule has 1 rings (SSSR count). The van der Waals surface area contributed by atoms with Crippen molar-refractivity contribution in [3.05, 3.63) is 34.9 Å². The molecule has 0 aliphatic carbocycles. The minimum absolute atomic E-state index is 0.228. The van der Waals surface area contributed by atoms with E-state index in [1.807, 2.05) is 0 Å². The first-order valence-corrected chi connectivity index (χ1v) is 4.98. The van der Waals surface area contributed by atoms with Crippen molar-refractivity contribution in [1.29, 1.82) is 0 Å². The third-order valence-electron chi connectivity index (χ3n) is 2.42. The zero-order chi connectivity index (χ0) is 11.4. The molecule has 2 nitrogen and oxygen atoms in total. The van der Waals surface area contributed by atoms with Gasteiger partial charge in [-0.25, -0.2) is 8.78 Å². The first kappa shape index (κ1) is 12.1. The second-order valence-corrected chi connectivity index (χ2v) is 3.64. The summed E-state index contributed by atoms with van der Waals surface area (Å²) in [5.41, 5.74) is 11.6. The third kappa shape index (κ3) is 2.73. The fraction of sp³-hybridized carbons (Fsp3) is 0.455. The van der Waals surface area contributed by atoms with Gasteiger partial charge in [-0.2, -0.15) is 0 Å². The van der Waals surface area contributed by atoms with Gasteiger partial charge in [0.1, 0.15) is 0 Å². The maximum Gasteiger partial charge on any atom is 0.163 e. The lowest BCUT2D eigenvalue weighted by atomic mass is 10.0. The van der Waals surface area contributed by atoms with Gasteiger partial charge < -0.3 is 11.5 Å². The number of hydrogen-bond acceptors (Lipinski definition) is 2. The van der Waals surface area contributed by atoms with Gasteiger partial charge in [-0.05, 0) is 31.9 Å². The standard InChI is InChI=1S/C11H16F2N2/c1-7-4-5-8(11(13)10(7)12)9(15)3-2-6-14/h4-5,9H,2-3,6,14-15H2,1H3/t9-/m1/s1. The van der Waals surface area contributed by atoms with Crippen molar-refractivity contribution in [3.8, 4) is 0 Å². The molecule has 0 unspecified atom stereocenters. The molecule has 4 N–H and O–H groups in total. The van der Waals surface area contributed by atoms with Crippen LogP contribution in [-0.4, -0.2) is 6.54 Å². The number of aryl methyl sites for hydroxylation is 1. The lowest BCUT2D eigenvalue weighted by molar-refractivity contribution is 0.477. The fourth-order valence-electron chi connectivity index (χ4n) is 1.44. The quantitative estimate of drug-likeness (QED) is 0.805. The van der Waals surface area contributed by atoms with Crippen LogP contribution in [0.3, 0.4) is 0 Å². The molecule has 0 heterocycles. The van der Waals surface area contributed by atoms with Gasteiger partial charge in [0, 0.05) is 11.6 Å². The number of hydrogen-bond donors (Lipinski definition) is 2. The van der Waals surface area contributed by atoms with Crippen molar-refractivity contribution in [2.75, 3.05) is 6.54 Å². The Bertz CT molecular complexity index is 340. The van der Waals surface area contributed by atoms with Crippen LogP contribution in [0.4, 0.5) is 8.78 Å². The molecule has 0 radical (unpaired) electrons. The average molecular weight is 214 g/mol. The van der Waals surface area contributed by atoms with E-state index >= 15 is 0 Å². The van der Waals surface area contributed by atoms with Crippen molar-refractivity contribution < 1.29 is 8.78 Å². The first-order valence-electron chi connectivity index (χ1n) is 4.98. The Labute approximate surface area is 88.3 Å². The van der Waals surface area contributed by atoms with E-state index in [2.05, 4.69) is 0 Å². The molecular weight excluding hydrogens is 198 g/mol. The molecule has 0 saturated carbocycles. The van der Waals surface area contributed by atoms with Crippen LogP contribution >= 0.6 is 0 Å². The van der Waals surface area contributed by atoms with E-state index in [0.717, 1.165) is 0 Å². The van der Waals surface area contributed by atoms with Crippen LogP contribution in [-0.2, 0) is 0 Å². The summed E-state index contributed by atoms with van der Waals surface area (Å²) in [6, 6.07) is 2.59. The Morgan fingerprint density at radius 2 is 1.93 bits per heavy atom. The van der Waals surface area contributed by atoms with Crippen LogP contribution in [0, 0.1) is 18.6 Å². The van der Waals surface area contributed by atoms with Crippen LogP contribution in [0.15, 0.2) is 12.1 Å². The maximum absolute atomic E-state index is 13.5. The average Bonchev–Trinajstić information content (AvgIpc) is 2.23. The Morgan fingerprint density at radius 3 is 2.53 bits per heavy atom. The molecule has 0 aromatic heterocycles. The molecule has 0 amide bonds. The van der Waals surface area contributed by atoms with Gasteiger partial charge in [0.2, 0.25) is 0 Å². The largest absolute Gasteiger partial charge is 0.330 e. The van der Waals surface area contributed by atoms with Crippen LogP contribution < -0.4 is 11.5 Å². The third-order valence-corrected chi connectivity index (χ3v) is 2.42. The summed E-state index contributed by atoms with van der Waals surface area (Å²) in [7, 11) is 0. The van der Waals surface area contributed by atoms with Gasteiger partial charge in [-0.3, -0.25) is 0 Å². The van der Waals surface area contributed by atoms with Crippen LogP contribution in [0.5, 0.6) is 0 Å². The Balaban J connectivity index is 2.90. The zero-order valence-corrected chi connectivity index (χ0v) is 8.76. The molecule has 4 heteroatoms. The molecule has 0 aliphatic rings. The van der Waals surface area contributed by atoms with Crippen LogP contribution in [0.1, 0.15) is 30.0 Å². The summed E-state index contributed by atoms with van der Waals surface area (Å²) in [6.45, 7) is 2.03. The lowest BCUT2D eigenvalue weighted by Crippen LogP contribution is -2.15. The highest BCUT2D eigenvalue weighted by atomic mass is 19.2. The van der Waals surface area contributed by atoms with Crippen molar-refractivity contribution >= 4 is 0 Å². The fourth-order valence-corrected chi connectivity index (χ4v) is 1.44. The molecule has 0 fully saturated rings. The SMILES string of the molecule is Cc1ccc([C@H](N)CCCN)c(F)c1F. The molecular formula is C11H16F2N2. The maximum atomic E-state index is 13.5. The van der Waals surface area contributed by atoms with E-state index in [4.69, 9.17) is 11.5 Å². The van der Waals surface area contributed by atoms with Gasteiger partial charge >= 0.3 is 0 Å². The van der Waals surface area contributed by atoms with Gasteiger partial charge in [-0.1, -0.05) is 12.1 Å². The monoisotopic (exact) mass is 214 g/mol. The highest BCUT2D eigenvalue weighted by Crippen LogP contribution is 2.22. The predicted octanol–water partition coefficient (Wildman–Crippen LogP) is 2.01. The number of benzene rings is 1. The molecule has 0 aliphatic heterocycles. The highest BCUT2D eigenvalue weighted by molar-refractivity contribution is 5.27. The number of nitrogens with two attached hydrogens (primary N) is 2. The van der Waals surface area contributed by atoms with Crippen molar-refractivity contribution in [2.24, 2.45) is 11.5 Å². The molecule has 15 heavy (non-hydrogen) atoms. The van der Waals surface area contributed by atoms with E-state index in [1.54, 1.807) is 0 Å². The second kappa shape index (κ2) is 5.19. The molecule has 84 valence electrons. The minimum atomic E-state index is -0.834. The molecule has 0 bridgehead atoms. The van der Waals surface area contributed by atoms with E-state index in [-0.39, 0.29) is 5.56 Å².